The van der Waals surface area contributed by atoms with E-state index in [9.17, 15) is 9.59 Å². The Hall–Kier alpha value is -3.12. The van der Waals surface area contributed by atoms with Crippen LogP contribution in [0.3, 0.4) is 0 Å². The van der Waals surface area contributed by atoms with E-state index in [1.165, 1.54) is 12.0 Å². The van der Waals surface area contributed by atoms with Crippen LogP contribution < -0.4 is 10.1 Å². The summed E-state index contributed by atoms with van der Waals surface area (Å²) in [4.78, 5) is 31.3. The highest BCUT2D eigenvalue weighted by molar-refractivity contribution is 6.31. The van der Waals surface area contributed by atoms with Gasteiger partial charge in [-0.3, -0.25) is 14.6 Å². The van der Waals surface area contributed by atoms with Crippen molar-refractivity contribution in [2.45, 2.75) is 20.3 Å². The van der Waals surface area contributed by atoms with Crippen LogP contribution in [-0.4, -0.2) is 42.4 Å². The molecule has 2 aromatic carbocycles. The fourth-order valence-corrected chi connectivity index (χ4v) is 3.56. The van der Waals surface area contributed by atoms with E-state index < -0.39 is 0 Å². The Morgan fingerprint density at radius 3 is 2.63 bits per heavy atom. The normalized spacial score (nSPS) is 10.7. The van der Waals surface area contributed by atoms with Crippen molar-refractivity contribution in [3.05, 3.63) is 64.3 Å². The van der Waals surface area contributed by atoms with E-state index in [1.54, 1.807) is 25.2 Å². The Balaban J connectivity index is 1.70. The number of anilines is 1. The summed E-state index contributed by atoms with van der Waals surface area (Å²) in [5, 5.41) is 4.25. The zero-order valence-electron chi connectivity index (χ0n) is 17.5. The number of rotatable bonds is 6. The van der Waals surface area contributed by atoms with Crippen molar-refractivity contribution in [2.24, 2.45) is 0 Å². The Morgan fingerprint density at radius 2 is 1.90 bits per heavy atom. The molecule has 7 heteroatoms. The topological polar surface area (TPSA) is 71.5 Å². The van der Waals surface area contributed by atoms with Gasteiger partial charge in [-0.1, -0.05) is 29.8 Å². The highest BCUT2D eigenvalue weighted by Crippen LogP contribution is 2.27. The van der Waals surface area contributed by atoms with Crippen molar-refractivity contribution in [1.29, 1.82) is 0 Å². The lowest BCUT2D eigenvalue weighted by molar-refractivity contribution is -0.132. The SMILES string of the molecule is COc1ccc(Cl)cc1NC(=O)CN(C)C(=O)Cc1c(C)nc2ccccc2c1C. The van der Waals surface area contributed by atoms with Crippen LogP contribution in [0.5, 0.6) is 5.75 Å². The number of carbonyl (C=O) groups is 2. The second-order valence-electron chi connectivity index (χ2n) is 7.14. The predicted octanol–water partition coefficient (Wildman–Crippen LogP) is 4.15. The molecule has 0 atom stereocenters. The number of nitrogens with zero attached hydrogens (tertiary/aromatic N) is 2. The third-order valence-electron chi connectivity index (χ3n) is 5.06. The molecule has 30 heavy (non-hydrogen) atoms. The van der Waals surface area contributed by atoms with Crippen LogP contribution in [0.15, 0.2) is 42.5 Å². The molecule has 1 heterocycles. The maximum absolute atomic E-state index is 12.8. The molecule has 0 bridgehead atoms. The van der Waals surface area contributed by atoms with Crippen LogP contribution in [0.1, 0.15) is 16.8 Å². The molecule has 1 N–H and O–H groups in total. The van der Waals surface area contributed by atoms with Crippen molar-refractivity contribution >= 4 is 40.0 Å². The number of amides is 2. The van der Waals surface area contributed by atoms with Gasteiger partial charge in [0.1, 0.15) is 5.75 Å². The van der Waals surface area contributed by atoms with Crippen molar-refractivity contribution in [3.63, 3.8) is 0 Å². The molecule has 0 saturated heterocycles. The van der Waals surface area contributed by atoms with Gasteiger partial charge in [-0.25, -0.2) is 0 Å². The van der Waals surface area contributed by atoms with Crippen molar-refractivity contribution in [2.75, 3.05) is 26.0 Å². The van der Waals surface area contributed by atoms with Gasteiger partial charge in [-0.2, -0.15) is 0 Å². The van der Waals surface area contributed by atoms with Crippen LogP contribution in [0.25, 0.3) is 10.9 Å². The van der Waals surface area contributed by atoms with Crippen LogP contribution in [-0.2, 0) is 16.0 Å². The lowest BCUT2D eigenvalue weighted by Gasteiger charge is -2.19. The van der Waals surface area contributed by atoms with Gasteiger partial charge in [-0.05, 0) is 49.2 Å². The van der Waals surface area contributed by atoms with E-state index in [2.05, 4.69) is 10.3 Å². The zero-order chi connectivity index (χ0) is 21.8. The molecule has 0 aliphatic rings. The van der Waals surface area contributed by atoms with Gasteiger partial charge in [0, 0.05) is 23.2 Å². The summed E-state index contributed by atoms with van der Waals surface area (Å²) in [6, 6.07) is 12.8. The Kier molecular flexibility index (Phi) is 6.57. The first-order valence-electron chi connectivity index (χ1n) is 9.52. The number of likely N-dealkylation sites (N-methyl/N-ethyl adjacent to an activating group) is 1. The molecule has 1 aromatic heterocycles. The van der Waals surface area contributed by atoms with Crippen molar-refractivity contribution in [1.82, 2.24) is 9.88 Å². The van der Waals surface area contributed by atoms with Crippen molar-refractivity contribution < 1.29 is 14.3 Å². The summed E-state index contributed by atoms with van der Waals surface area (Å²) in [5.41, 5.74) is 4.12. The quantitative estimate of drug-likeness (QED) is 0.643. The van der Waals surface area contributed by atoms with Gasteiger partial charge in [0.25, 0.3) is 0 Å². The number of methoxy groups -OCH3 is 1. The first-order valence-corrected chi connectivity index (χ1v) is 9.90. The number of carbonyl (C=O) groups excluding carboxylic acids is 2. The molecular weight excluding hydrogens is 402 g/mol. The van der Waals surface area contributed by atoms with E-state index in [-0.39, 0.29) is 24.8 Å². The second-order valence-corrected chi connectivity index (χ2v) is 7.57. The molecule has 3 rings (SSSR count). The van der Waals surface area contributed by atoms with Gasteiger partial charge >= 0.3 is 0 Å². The number of benzene rings is 2. The molecule has 0 saturated carbocycles. The molecule has 6 nitrogen and oxygen atoms in total. The van der Waals surface area contributed by atoms with Crippen LogP contribution in [0.4, 0.5) is 5.69 Å². The highest BCUT2D eigenvalue weighted by Gasteiger charge is 2.18. The number of hydrogen-bond acceptors (Lipinski definition) is 4. The van der Waals surface area contributed by atoms with Gasteiger partial charge in [0.05, 0.1) is 31.3 Å². The molecule has 0 spiro atoms. The number of hydrogen-bond donors (Lipinski definition) is 1. The monoisotopic (exact) mass is 425 g/mol. The largest absolute Gasteiger partial charge is 0.495 e. The van der Waals surface area contributed by atoms with E-state index in [0.29, 0.717) is 16.5 Å². The van der Waals surface area contributed by atoms with Gasteiger partial charge in [0.2, 0.25) is 11.8 Å². The summed E-state index contributed by atoms with van der Waals surface area (Å²) in [5.74, 6) is -0.00166. The molecular formula is C23H24ClN3O3. The average molecular weight is 426 g/mol. The van der Waals surface area contributed by atoms with Crippen LogP contribution >= 0.6 is 11.6 Å². The smallest absolute Gasteiger partial charge is 0.244 e. The zero-order valence-corrected chi connectivity index (χ0v) is 18.2. The molecule has 2 amide bonds. The summed E-state index contributed by atoms with van der Waals surface area (Å²) in [6.45, 7) is 3.81. The number of nitrogens with one attached hydrogen (secondary N) is 1. The molecule has 156 valence electrons. The van der Waals surface area contributed by atoms with Crippen LogP contribution in [0.2, 0.25) is 5.02 Å². The van der Waals surface area contributed by atoms with Gasteiger partial charge < -0.3 is 15.0 Å². The number of para-hydroxylation sites is 1. The maximum Gasteiger partial charge on any atom is 0.244 e. The average Bonchev–Trinajstić information content (AvgIpc) is 2.71. The Morgan fingerprint density at radius 1 is 1.17 bits per heavy atom. The van der Waals surface area contributed by atoms with Gasteiger partial charge in [0.15, 0.2) is 0 Å². The number of aromatic nitrogens is 1. The van der Waals surface area contributed by atoms with Crippen molar-refractivity contribution in [3.8, 4) is 5.75 Å². The summed E-state index contributed by atoms with van der Waals surface area (Å²) < 4.78 is 5.23. The third kappa shape index (κ3) is 4.71. The minimum atomic E-state index is -0.337. The molecule has 0 aliphatic heterocycles. The Bertz CT molecular complexity index is 1110. The number of halogens is 1. The lowest BCUT2D eigenvalue weighted by atomic mass is 9.99. The number of aryl methyl sites for hydroxylation is 2. The summed E-state index contributed by atoms with van der Waals surface area (Å²) in [6.07, 6.45) is 0.180. The Labute approximate surface area is 180 Å². The molecule has 3 aromatic rings. The predicted molar refractivity (Wildman–Crippen MR) is 119 cm³/mol. The number of pyridine rings is 1. The van der Waals surface area contributed by atoms with E-state index >= 15 is 0 Å². The van der Waals surface area contributed by atoms with Crippen LogP contribution in [0, 0.1) is 13.8 Å². The molecule has 0 unspecified atom stereocenters. The fraction of sp³-hybridized carbons (Fsp3) is 0.261. The minimum Gasteiger partial charge on any atom is -0.495 e. The number of ether oxygens (including phenoxy) is 1. The first kappa shape index (κ1) is 21.6. The summed E-state index contributed by atoms with van der Waals surface area (Å²) >= 11 is 6.00. The fourth-order valence-electron chi connectivity index (χ4n) is 3.39. The molecule has 0 radical (unpaired) electrons. The highest BCUT2D eigenvalue weighted by atomic mass is 35.5. The maximum atomic E-state index is 12.8. The molecule has 0 aliphatic carbocycles. The molecule has 0 fully saturated rings. The first-order chi connectivity index (χ1) is 14.3. The standard InChI is InChI=1S/C23H24ClN3O3/c1-14-17-7-5-6-8-19(17)25-15(2)18(14)12-23(29)27(3)13-22(28)26-20-11-16(24)9-10-21(20)30-4/h5-11H,12-13H2,1-4H3,(H,26,28). The number of fused-ring (bicyclic) bond motifs is 1. The third-order valence-corrected chi connectivity index (χ3v) is 5.29. The van der Waals surface area contributed by atoms with E-state index in [1.807, 2.05) is 38.1 Å². The lowest BCUT2D eigenvalue weighted by Crippen LogP contribution is -2.36. The summed E-state index contributed by atoms with van der Waals surface area (Å²) in [7, 11) is 3.12. The van der Waals surface area contributed by atoms with E-state index in [4.69, 9.17) is 16.3 Å². The minimum absolute atomic E-state index is 0.0897. The second kappa shape index (κ2) is 9.13. The van der Waals surface area contributed by atoms with E-state index in [0.717, 1.165) is 27.7 Å². The van der Waals surface area contributed by atoms with Gasteiger partial charge in [-0.15, -0.1) is 0 Å².